The lowest BCUT2D eigenvalue weighted by atomic mass is 10.2. The normalized spacial score (nSPS) is 15.4. The molecule has 0 aromatic heterocycles. The fourth-order valence-corrected chi connectivity index (χ4v) is 4.40. The number of thioether (sulfide) groups is 1. The van der Waals surface area contributed by atoms with Crippen LogP contribution in [0, 0.1) is 0 Å². The Bertz CT molecular complexity index is 864. The third-order valence-corrected chi connectivity index (χ3v) is 5.73. The first-order chi connectivity index (χ1) is 12.1. The molecule has 0 spiro atoms. The van der Waals surface area contributed by atoms with Crippen LogP contribution in [0.5, 0.6) is 11.5 Å². The molecule has 2 aromatic carbocycles. The molecule has 0 aliphatic carbocycles. The highest BCUT2D eigenvalue weighted by molar-refractivity contribution is 8.26. The van der Waals surface area contributed by atoms with E-state index in [1.54, 1.807) is 26.0 Å². The number of thiocarbonyl (C=S) groups is 1. The maximum atomic E-state index is 11.9. The lowest BCUT2D eigenvalue weighted by Gasteiger charge is -2.13. The molecule has 25 heavy (non-hydrogen) atoms. The van der Waals surface area contributed by atoms with Gasteiger partial charge < -0.3 is 14.8 Å². The molecular formula is C18H15NO3S3. The van der Waals surface area contributed by atoms with E-state index in [2.05, 4.69) is 5.32 Å². The first kappa shape index (κ1) is 17.8. The minimum Gasteiger partial charge on any atom is -0.493 e. The minimum absolute atomic E-state index is 0.159. The smallest absolute Gasteiger partial charge is 0.263 e. The van der Waals surface area contributed by atoms with Crippen molar-refractivity contribution in [2.75, 3.05) is 14.2 Å². The monoisotopic (exact) mass is 389 g/mol. The number of nitrogens with one attached hydrogen (secondary N) is 1. The Morgan fingerprint density at radius 3 is 2.52 bits per heavy atom. The fraction of sp³-hybridized carbons (Fsp3) is 0.111. The molecule has 7 heteroatoms. The Hall–Kier alpha value is -1.96. The zero-order chi connectivity index (χ0) is 17.8. The topological polar surface area (TPSA) is 47.6 Å². The molecule has 1 aliphatic heterocycles. The maximum absolute atomic E-state index is 11.9. The average Bonchev–Trinajstić information content (AvgIpc) is 2.93. The zero-order valence-corrected chi connectivity index (χ0v) is 16.0. The maximum Gasteiger partial charge on any atom is 0.263 e. The van der Waals surface area contributed by atoms with Crippen molar-refractivity contribution in [1.82, 2.24) is 5.32 Å². The second kappa shape index (κ2) is 7.95. The van der Waals surface area contributed by atoms with E-state index in [9.17, 15) is 4.79 Å². The summed E-state index contributed by atoms with van der Waals surface area (Å²) in [6.07, 6.45) is 1.86. The molecule has 2 aromatic rings. The fourth-order valence-electron chi connectivity index (χ4n) is 2.31. The van der Waals surface area contributed by atoms with Gasteiger partial charge in [-0.3, -0.25) is 4.79 Å². The second-order valence-electron chi connectivity index (χ2n) is 4.98. The van der Waals surface area contributed by atoms with Crippen molar-refractivity contribution >= 4 is 52.0 Å². The summed E-state index contributed by atoms with van der Waals surface area (Å²) in [6, 6.07) is 13.6. The summed E-state index contributed by atoms with van der Waals surface area (Å²) >= 11 is 7.87. The van der Waals surface area contributed by atoms with Crippen molar-refractivity contribution in [3.05, 3.63) is 52.9 Å². The van der Waals surface area contributed by atoms with Gasteiger partial charge in [-0.15, -0.1) is 0 Å². The Kier molecular flexibility index (Phi) is 5.67. The predicted octanol–water partition coefficient (Wildman–Crippen LogP) is 4.34. The molecule has 0 atom stereocenters. The molecule has 1 amide bonds. The zero-order valence-electron chi connectivity index (χ0n) is 13.6. The van der Waals surface area contributed by atoms with Crippen LogP contribution in [0.1, 0.15) is 5.56 Å². The van der Waals surface area contributed by atoms with Crippen LogP contribution >= 0.6 is 35.7 Å². The number of hydrogen-bond donors (Lipinski definition) is 1. The van der Waals surface area contributed by atoms with Crippen molar-refractivity contribution in [3.8, 4) is 11.5 Å². The summed E-state index contributed by atoms with van der Waals surface area (Å²) in [5.74, 6) is 1.21. The Morgan fingerprint density at radius 1 is 1.08 bits per heavy atom. The van der Waals surface area contributed by atoms with Gasteiger partial charge in [0.15, 0.2) is 11.5 Å². The number of rotatable bonds is 5. The summed E-state index contributed by atoms with van der Waals surface area (Å²) in [4.78, 5) is 14.4. The number of para-hydroxylation sites is 1. The van der Waals surface area contributed by atoms with Crippen molar-refractivity contribution in [1.29, 1.82) is 0 Å². The van der Waals surface area contributed by atoms with Gasteiger partial charge in [-0.2, -0.15) is 0 Å². The molecule has 3 rings (SSSR count). The van der Waals surface area contributed by atoms with Crippen LogP contribution in [0.25, 0.3) is 6.08 Å². The number of benzene rings is 2. The number of carbonyl (C=O) groups is 1. The highest BCUT2D eigenvalue weighted by Crippen LogP contribution is 2.42. The molecule has 1 N–H and O–H groups in total. The summed E-state index contributed by atoms with van der Waals surface area (Å²) in [6.45, 7) is 0. The van der Waals surface area contributed by atoms with E-state index in [4.69, 9.17) is 21.7 Å². The molecule has 0 saturated carbocycles. The average molecular weight is 390 g/mol. The Labute approximate surface area is 160 Å². The Balaban J connectivity index is 1.97. The van der Waals surface area contributed by atoms with Crippen LogP contribution in [0.2, 0.25) is 0 Å². The number of methoxy groups -OCH3 is 2. The molecular weight excluding hydrogens is 374 g/mol. The minimum atomic E-state index is -0.159. The first-order valence-corrected chi connectivity index (χ1v) is 9.39. The highest BCUT2D eigenvalue weighted by Gasteiger charge is 2.22. The molecule has 1 heterocycles. The van der Waals surface area contributed by atoms with E-state index in [1.165, 1.54) is 11.8 Å². The molecule has 1 fully saturated rings. The van der Waals surface area contributed by atoms with Gasteiger partial charge in [0.2, 0.25) is 0 Å². The van der Waals surface area contributed by atoms with Gasteiger partial charge in [0.25, 0.3) is 5.91 Å². The van der Waals surface area contributed by atoms with Crippen LogP contribution in [0.3, 0.4) is 0 Å². The van der Waals surface area contributed by atoms with Gasteiger partial charge in [-0.05, 0) is 29.8 Å². The highest BCUT2D eigenvalue weighted by atomic mass is 32.2. The third kappa shape index (κ3) is 4.00. The van der Waals surface area contributed by atoms with Gasteiger partial charge >= 0.3 is 0 Å². The van der Waals surface area contributed by atoms with E-state index in [0.717, 1.165) is 15.4 Å². The van der Waals surface area contributed by atoms with Gasteiger partial charge in [0.05, 0.1) is 24.0 Å². The predicted molar refractivity (Wildman–Crippen MR) is 106 cm³/mol. The van der Waals surface area contributed by atoms with E-state index in [1.807, 2.05) is 48.5 Å². The summed E-state index contributed by atoms with van der Waals surface area (Å²) < 4.78 is 11.3. The molecule has 0 unspecified atom stereocenters. The Morgan fingerprint density at radius 2 is 1.84 bits per heavy atom. The molecule has 0 radical (unpaired) electrons. The van der Waals surface area contributed by atoms with Gasteiger partial charge in [-0.25, -0.2) is 0 Å². The molecule has 1 saturated heterocycles. The molecule has 0 bridgehead atoms. The van der Waals surface area contributed by atoms with Crippen molar-refractivity contribution in [2.45, 2.75) is 9.79 Å². The van der Waals surface area contributed by atoms with E-state index in [-0.39, 0.29) is 5.91 Å². The third-order valence-electron chi connectivity index (χ3n) is 3.43. The first-order valence-electron chi connectivity index (χ1n) is 7.35. The SMILES string of the molecule is COc1cccc(Sc2ccccc2C=C2SC(=S)NC2=O)c1OC. The van der Waals surface area contributed by atoms with E-state index < -0.39 is 0 Å². The number of hydrogen-bond acceptors (Lipinski definition) is 6. The van der Waals surface area contributed by atoms with Gasteiger partial charge in [0.1, 0.15) is 4.32 Å². The lowest BCUT2D eigenvalue weighted by Crippen LogP contribution is -2.17. The molecule has 1 aliphatic rings. The van der Waals surface area contributed by atoms with E-state index in [0.29, 0.717) is 20.7 Å². The number of carbonyl (C=O) groups excluding carboxylic acids is 1. The van der Waals surface area contributed by atoms with Gasteiger partial charge in [0, 0.05) is 4.90 Å². The number of amides is 1. The summed E-state index contributed by atoms with van der Waals surface area (Å²) in [7, 11) is 3.24. The summed E-state index contributed by atoms with van der Waals surface area (Å²) in [5, 5.41) is 2.63. The molecule has 128 valence electrons. The summed E-state index contributed by atoms with van der Waals surface area (Å²) in [5.41, 5.74) is 0.944. The van der Waals surface area contributed by atoms with Crippen molar-refractivity contribution < 1.29 is 14.3 Å². The second-order valence-corrected chi connectivity index (χ2v) is 7.79. The van der Waals surface area contributed by atoms with E-state index >= 15 is 0 Å². The standard InChI is InChI=1S/C18H15NO3S3/c1-21-12-7-5-9-14(16(12)22-2)24-13-8-4-3-6-11(13)10-15-17(20)19-18(23)25-15/h3-10H,1-2H3,(H,19,20,23). The van der Waals surface area contributed by atoms with Gasteiger partial charge in [-0.1, -0.05) is 60.0 Å². The quantitative estimate of drug-likeness (QED) is 0.606. The van der Waals surface area contributed by atoms with Crippen LogP contribution < -0.4 is 14.8 Å². The largest absolute Gasteiger partial charge is 0.493 e. The molecule has 4 nitrogen and oxygen atoms in total. The van der Waals surface area contributed by atoms with Crippen LogP contribution in [0.4, 0.5) is 0 Å². The van der Waals surface area contributed by atoms with Crippen molar-refractivity contribution in [2.24, 2.45) is 0 Å². The van der Waals surface area contributed by atoms with Crippen molar-refractivity contribution in [3.63, 3.8) is 0 Å². The van der Waals surface area contributed by atoms with Crippen LogP contribution in [0.15, 0.2) is 57.2 Å². The number of ether oxygens (including phenoxy) is 2. The van der Waals surface area contributed by atoms with Crippen LogP contribution in [-0.2, 0) is 4.79 Å². The lowest BCUT2D eigenvalue weighted by molar-refractivity contribution is -0.115. The van der Waals surface area contributed by atoms with Crippen LogP contribution in [-0.4, -0.2) is 24.4 Å².